The molecule has 7 aromatic carbocycles. The van der Waals surface area contributed by atoms with Gasteiger partial charge in [0, 0.05) is 27.5 Å². The van der Waals surface area contributed by atoms with E-state index in [1.54, 1.807) is 13.2 Å². The van der Waals surface area contributed by atoms with E-state index in [0.29, 0.717) is 27.8 Å². The summed E-state index contributed by atoms with van der Waals surface area (Å²) >= 11 is 5.99. The number of anilines is 1. The van der Waals surface area contributed by atoms with Crippen LogP contribution in [0.4, 0.5) is 5.69 Å². The van der Waals surface area contributed by atoms with E-state index in [4.69, 9.17) is 31.5 Å². The third-order valence-electron chi connectivity index (χ3n) is 8.48. The van der Waals surface area contributed by atoms with Gasteiger partial charge in [0.15, 0.2) is 11.5 Å². The van der Waals surface area contributed by atoms with Crippen molar-refractivity contribution in [3.8, 4) is 23.3 Å². The van der Waals surface area contributed by atoms with E-state index in [1.807, 2.05) is 6.92 Å². The molecular formula is C48H42ClNO3P2Pd. The molecule has 1 aliphatic rings. The second-order valence-corrected chi connectivity index (χ2v) is 17.1. The predicted octanol–water partition coefficient (Wildman–Crippen LogP) is 8.92. The molecular weight excluding hydrogens is 842 g/mol. The second kappa shape index (κ2) is 22.1. The fraction of sp³-hybridized carbons (Fsp3) is 0.0833. The predicted molar refractivity (Wildman–Crippen MR) is 236 cm³/mol. The first kappa shape index (κ1) is 42.4. The van der Waals surface area contributed by atoms with Gasteiger partial charge in [-0.3, -0.25) is 0 Å². The molecule has 8 rings (SSSR count). The van der Waals surface area contributed by atoms with E-state index >= 15 is 0 Å². The Morgan fingerprint density at radius 3 is 1.16 bits per heavy atom. The van der Waals surface area contributed by atoms with Gasteiger partial charge >= 0.3 is 0 Å². The Balaban J connectivity index is 0.000000160. The summed E-state index contributed by atoms with van der Waals surface area (Å²) in [5.74, 6) is 6.87. The van der Waals surface area contributed by atoms with Crippen LogP contribution in [-0.2, 0) is 25.2 Å². The SMILES string of the molecule is COC(C)C#Cc1cc(Cl)c(N)c2c1OCO2.[Pd].c1ccc(P(c2ccccc2)c2ccccc2)cc1.c1ccc(P(c2ccccc2)c2ccccc2)cc1. The summed E-state index contributed by atoms with van der Waals surface area (Å²) < 4.78 is 15.6. The molecule has 0 radical (unpaired) electrons. The molecule has 7 aromatic rings. The number of hydrogen-bond donors (Lipinski definition) is 1. The van der Waals surface area contributed by atoms with Crippen LogP contribution in [0, 0.1) is 11.8 Å². The number of hydrogen-bond acceptors (Lipinski definition) is 4. The van der Waals surface area contributed by atoms with E-state index in [2.05, 4.69) is 194 Å². The number of nitrogens with two attached hydrogens (primary N) is 1. The summed E-state index contributed by atoms with van der Waals surface area (Å²) in [5, 5.41) is 8.79. The molecule has 0 aliphatic carbocycles. The summed E-state index contributed by atoms with van der Waals surface area (Å²) in [6.07, 6.45) is -0.163. The number of halogens is 1. The van der Waals surface area contributed by atoms with Crippen molar-refractivity contribution in [1.82, 2.24) is 0 Å². The fourth-order valence-corrected chi connectivity index (χ4v) is 10.6. The molecule has 1 heterocycles. The first-order valence-electron chi connectivity index (χ1n) is 17.9. The van der Waals surface area contributed by atoms with Crippen molar-refractivity contribution in [3.05, 3.63) is 199 Å². The Morgan fingerprint density at radius 1 is 0.554 bits per heavy atom. The van der Waals surface area contributed by atoms with Crippen LogP contribution in [-0.4, -0.2) is 20.0 Å². The summed E-state index contributed by atoms with van der Waals surface area (Å²) in [4.78, 5) is 0. The van der Waals surface area contributed by atoms with E-state index in [9.17, 15) is 0 Å². The van der Waals surface area contributed by atoms with Crippen molar-refractivity contribution in [3.63, 3.8) is 0 Å². The van der Waals surface area contributed by atoms with Crippen LogP contribution < -0.4 is 47.0 Å². The van der Waals surface area contributed by atoms with Crippen molar-refractivity contribution in [1.29, 1.82) is 0 Å². The molecule has 0 saturated carbocycles. The average molecular weight is 885 g/mol. The summed E-state index contributed by atoms with van der Waals surface area (Å²) in [6, 6.07) is 66.3. The first-order chi connectivity index (χ1) is 27.0. The van der Waals surface area contributed by atoms with Crippen molar-refractivity contribution in [2.24, 2.45) is 0 Å². The molecule has 0 amide bonds. The number of ether oxygens (including phenoxy) is 3. The molecule has 0 saturated heterocycles. The normalized spacial score (nSPS) is 11.4. The third kappa shape index (κ3) is 11.4. The van der Waals surface area contributed by atoms with Gasteiger partial charge < -0.3 is 19.9 Å². The number of rotatable bonds is 7. The average Bonchev–Trinajstić information content (AvgIpc) is 3.76. The maximum Gasteiger partial charge on any atom is 0.231 e. The largest absolute Gasteiger partial charge is 0.452 e. The molecule has 1 aliphatic heterocycles. The number of fused-ring (bicyclic) bond motifs is 1. The quantitative estimate of drug-likeness (QED) is 0.0753. The summed E-state index contributed by atoms with van der Waals surface area (Å²) in [7, 11) is 0.705. The zero-order valence-electron chi connectivity index (χ0n) is 31.1. The van der Waals surface area contributed by atoms with Gasteiger partial charge in [-0.25, -0.2) is 0 Å². The molecule has 0 spiro atoms. The molecule has 2 N–H and O–H groups in total. The minimum Gasteiger partial charge on any atom is -0.452 e. The van der Waals surface area contributed by atoms with Gasteiger partial charge in [0.25, 0.3) is 0 Å². The molecule has 1 atom stereocenters. The zero-order valence-corrected chi connectivity index (χ0v) is 35.2. The van der Waals surface area contributed by atoms with Gasteiger partial charge in [0.2, 0.25) is 6.79 Å². The van der Waals surface area contributed by atoms with Gasteiger partial charge in [0.05, 0.1) is 16.3 Å². The van der Waals surface area contributed by atoms with Crippen molar-refractivity contribution >= 4 is 65.0 Å². The Kier molecular flexibility index (Phi) is 16.8. The standard InChI is InChI=1S/2C18H15P.C12H12ClNO3.Pd/c2*1-4-10-16(11-5-1)19(17-12-6-2-7-13-17)18-14-8-3-9-15-18;1-7(15-2)3-4-8-5-9(13)10(14)12-11(8)16-6-17-12;/h2*1-15H;5,7H,6,14H2,1-2H3;. The Morgan fingerprint density at radius 2 is 0.857 bits per heavy atom. The van der Waals surface area contributed by atoms with Crippen molar-refractivity contribution in [2.75, 3.05) is 19.6 Å². The molecule has 0 fully saturated rings. The Bertz CT molecular complexity index is 1970. The van der Waals surface area contributed by atoms with Crippen LogP contribution in [0.25, 0.3) is 0 Å². The first-order valence-corrected chi connectivity index (χ1v) is 20.9. The van der Waals surface area contributed by atoms with Gasteiger partial charge in [-0.1, -0.05) is 205 Å². The fourth-order valence-electron chi connectivity index (χ4n) is 5.74. The van der Waals surface area contributed by atoms with E-state index < -0.39 is 15.8 Å². The van der Waals surface area contributed by atoms with Crippen LogP contribution in [0.3, 0.4) is 0 Å². The van der Waals surface area contributed by atoms with Crippen molar-refractivity contribution < 1.29 is 34.6 Å². The number of benzene rings is 7. The molecule has 1 unspecified atom stereocenters. The minimum atomic E-state index is -0.446. The van der Waals surface area contributed by atoms with E-state index in [0.717, 1.165) is 0 Å². The molecule has 284 valence electrons. The van der Waals surface area contributed by atoms with Gasteiger partial charge in [-0.05, 0) is 60.7 Å². The maximum atomic E-state index is 5.99. The molecule has 56 heavy (non-hydrogen) atoms. The molecule has 0 aromatic heterocycles. The monoisotopic (exact) mass is 883 g/mol. The van der Waals surface area contributed by atoms with Crippen LogP contribution >= 0.6 is 27.4 Å². The smallest absolute Gasteiger partial charge is 0.231 e. The van der Waals surface area contributed by atoms with Gasteiger partial charge in [-0.15, -0.1) is 0 Å². The van der Waals surface area contributed by atoms with E-state index in [-0.39, 0.29) is 33.3 Å². The molecule has 0 bridgehead atoms. The van der Waals surface area contributed by atoms with Gasteiger partial charge in [-0.2, -0.15) is 0 Å². The van der Waals surface area contributed by atoms with Gasteiger partial charge in [0.1, 0.15) is 6.10 Å². The topological polar surface area (TPSA) is 53.7 Å². The molecule has 4 nitrogen and oxygen atoms in total. The number of nitrogen functional groups attached to an aromatic ring is 1. The van der Waals surface area contributed by atoms with Crippen LogP contribution in [0.2, 0.25) is 5.02 Å². The second-order valence-electron chi connectivity index (χ2n) is 12.2. The zero-order chi connectivity index (χ0) is 38.2. The van der Waals surface area contributed by atoms with E-state index in [1.165, 1.54) is 31.8 Å². The molecule has 8 heteroatoms. The Hall–Kier alpha value is -4.73. The summed E-state index contributed by atoms with van der Waals surface area (Å²) in [6.45, 7) is 1.98. The minimum absolute atomic E-state index is 0. The van der Waals surface area contributed by atoms with Crippen molar-refractivity contribution in [2.45, 2.75) is 13.0 Å². The maximum absolute atomic E-state index is 5.99. The summed E-state index contributed by atoms with van der Waals surface area (Å²) in [5.41, 5.74) is 6.81. The van der Waals surface area contributed by atoms with Crippen LogP contribution in [0.1, 0.15) is 12.5 Å². The van der Waals surface area contributed by atoms with Crippen LogP contribution in [0.15, 0.2) is 188 Å². The Labute approximate surface area is 352 Å². The van der Waals surface area contributed by atoms with Crippen LogP contribution in [0.5, 0.6) is 11.5 Å². The third-order valence-corrected chi connectivity index (χ3v) is 13.7. The number of methoxy groups -OCH3 is 1.